The second kappa shape index (κ2) is 10.6. The summed E-state index contributed by atoms with van der Waals surface area (Å²) in [5.74, 6) is 0.811. The number of aryl methyl sites for hydroxylation is 2. The quantitative estimate of drug-likeness (QED) is 0.326. The van der Waals surface area contributed by atoms with Crippen molar-refractivity contribution in [3.8, 4) is 22.3 Å². The molecular weight excluding hydrogens is 490 g/mol. The first-order valence-corrected chi connectivity index (χ1v) is 12.3. The fraction of sp³-hybridized carbons (Fsp3) is 0.148. The first-order chi connectivity index (χ1) is 18.0. The summed E-state index contributed by atoms with van der Waals surface area (Å²) in [6.07, 6.45) is 1.56. The number of rotatable bonds is 8. The Morgan fingerprint density at radius 2 is 1.84 bits per heavy atom. The van der Waals surface area contributed by atoms with Crippen LogP contribution in [0.3, 0.4) is 0 Å². The van der Waals surface area contributed by atoms with Crippen molar-refractivity contribution in [2.45, 2.75) is 27.0 Å². The van der Waals surface area contributed by atoms with Gasteiger partial charge in [0.1, 0.15) is 10.6 Å². The van der Waals surface area contributed by atoms with Crippen molar-refractivity contribution >= 4 is 17.2 Å². The van der Waals surface area contributed by atoms with Crippen molar-refractivity contribution in [3.05, 3.63) is 111 Å². The summed E-state index contributed by atoms with van der Waals surface area (Å²) in [6.45, 7) is 4.17. The number of nitrogens with zero attached hydrogens (tertiary/aromatic N) is 4. The van der Waals surface area contributed by atoms with E-state index in [-0.39, 0.29) is 18.1 Å². The second-order valence-electron chi connectivity index (χ2n) is 8.31. The van der Waals surface area contributed by atoms with E-state index in [2.05, 4.69) is 20.5 Å². The minimum absolute atomic E-state index is 0.0183. The van der Waals surface area contributed by atoms with Crippen LogP contribution in [0.4, 0.5) is 0 Å². The van der Waals surface area contributed by atoms with E-state index in [4.69, 9.17) is 9.15 Å². The molecule has 0 unspecified atom stereocenters. The minimum atomic E-state index is -0.339. The van der Waals surface area contributed by atoms with E-state index < -0.39 is 0 Å². The molecule has 2 aromatic carbocycles. The van der Waals surface area contributed by atoms with Gasteiger partial charge in [0.15, 0.2) is 11.7 Å². The molecule has 186 valence electrons. The Balaban J connectivity index is 1.24. The average molecular weight is 514 g/mol. The molecule has 5 rings (SSSR count). The predicted octanol–water partition coefficient (Wildman–Crippen LogP) is 4.47. The van der Waals surface area contributed by atoms with Crippen LogP contribution >= 0.6 is 11.3 Å². The van der Waals surface area contributed by atoms with Crippen molar-refractivity contribution in [3.63, 3.8) is 0 Å². The van der Waals surface area contributed by atoms with Crippen LogP contribution in [0.25, 0.3) is 16.6 Å². The molecule has 0 radical (unpaired) electrons. The number of nitrogens with one attached hydrogen (secondary N) is 1. The van der Waals surface area contributed by atoms with E-state index in [1.54, 1.807) is 19.2 Å². The summed E-state index contributed by atoms with van der Waals surface area (Å²) >= 11 is 1.15. The third kappa shape index (κ3) is 5.65. The van der Waals surface area contributed by atoms with Gasteiger partial charge in [0.2, 0.25) is 5.89 Å². The van der Waals surface area contributed by atoms with Crippen molar-refractivity contribution in [1.29, 1.82) is 0 Å². The van der Waals surface area contributed by atoms with Crippen molar-refractivity contribution in [2.24, 2.45) is 0 Å². The molecule has 5 aromatic rings. The number of pyridine rings is 1. The highest BCUT2D eigenvalue weighted by atomic mass is 32.1. The SMILES string of the molecule is Cc1ccc(-c2nnc(COc3ccn(-c4nc(C)c(C(=O)NCc5ccccc5)s4)c(=O)c3)o2)cc1. The molecule has 0 fully saturated rings. The number of aromatic nitrogens is 4. The molecule has 0 spiro atoms. The minimum Gasteiger partial charge on any atom is -0.484 e. The lowest BCUT2D eigenvalue weighted by Gasteiger charge is -2.05. The van der Waals surface area contributed by atoms with E-state index in [0.717, 1.165) is 28.0 Å². The van der Waals surface area contributed by atoms with Crippen LogP contribution in [0, 0.1) is 13.8 Å². The van der Waals surface area contributed by atoms with Gasteiger partial charge < -0.3 is 14.5 Å². The Bertz CT molecular complexity index is 1590. The lowest BCUT2D eigenvalue weighted by molar-refractivity contribution is 0.0954. The van der Waals surface area contributed by atoms with Gasteiger partial charge in [0.25, 0.3) is 17.4 Å². The van der Waals surface area contributed by atoms with Crippen molar-refractivity contribution in [2.75, 3.05) is 0 Å². The summed E-state index contributed by atoms with van der Waals surface area (Å²) in [7, 11) is 0. The molecule has 10 heteroatoms. The van der Waals surface area contributed by atoms with Crippen molar-refractivity contribution < 1.29 is 13.9 Å². The molecule has 0 aliphatic carbocycles. The van der Waals surface area contributed by atoms with Gasteiger partial charge in [-0.25, -0.2) is 4.98 Å². The molecule has 9 nitrogen and oxygen atoms in total. The maximum atomic E-state index is 12.8. The fourth-order valence-electron chi connectivity index (χ4n) is 3.53. The Morgan fingerprint density at radius 3 is 2.59 bits per heavy atom. The van der Waals surface area contributed by atoms with E-state index in [0.29, 0.717) is 39.8 Å². The molecule has 3 aromatic heterocycles. The van der Waals surface area contributed by atoms with Crippen LogP contribution < -0.4 is 15.6 Å². The van der Waals surface area contributed by atoms with E-state index in [1.165, 1.54) is 10.6 Å². The molecule has 0 saturated carbocycles. The number of ether oxygens (including phenoxy) is 1. The van der Waals surface area contributed by atoms with Crippen molar-refractivity contribution in [1.82, 2.24) is 25.1 Å². The van der Waals surface area contributed by atoms with Gasteiger partial charge >= 0.3 is 0 Å². The average Bonchev–Trinajstić information content (AvgIpc) is 3.54. The molecular formula is C27H23N5O4S. The molecule has 37 heavy (non-hydrogen) atoms. The number of carbonyl (C=O) groups excluding carboxylic acids is 1. The highest BCUT2D eigenvalue weighted by Gasteiger charge is 2.17. The number of thiazole rings is 1. The molecule has 0 saturated heterocycles. The van der Waals surface area contributed by atoms with Crippen LogP contribution in [-0.4, -0.2) is 25.7 Å². The largest absolute Gasteiger partial charge is 0.484 e. The first-order valence-electron chi connectivity index (χ1n) is 11.5. The summed E-state index contributed by atoms with van der Waals surface area (Å²) in [5.41, 5.74) is 3.17. The molecule has 1 N–H and O–H groups in total. The van der Waals surface area contributed by atoms with Crippen LogP contribution in [0.1, 0.15) is 32.4 Å². The Morgan fingerprint density at radius 1 is 1.05 bits per heavy atom. The predicted molar refractivity (Wildman–Crippen MR) is 139 cm³/mol. The monoisotopic (exact) mass is 513 g/mol. The topological polar surface area (TPSA) is 112 Å². The maximum absolute atomic E-state index is 12.8. The van der Waals surface area contributed by atoms with Gasteiger partial charge in [-0.1, -0.05) is 59.4 Å². The zero-order valence-corrected chi connectivity index (χ0v) is 21.0. The van der Waals surface area contributed by atoms with Crippen LogP contribution in [0.5, 0.6) is 5.75 Å². The van der Waals surface area contributed by atoms with E-state index in [9.17, 15) is 9.59 Å². The number of amides is 1. The van der Waals surface area contributed by atoms with Crippen LogP contribution in [0.15, 0.2) is 82.1 Å². The van der Waals surface area contributed by atoms with Gasteiger partial charge in [-0.15, -0.1) is 10.2 Å². The third-order valence-corrected chi connectivity index (χ3v) is 6.67. The zero-order chi connectivity index (χ0) is 25.8. The molecule has 0 atom stereocenters. The maximum Gasteiger partial charge on any atom is 0.263 e. The van der Waals surface area contributed by atoms with Gasteiger partial charge in [0, 0.05) is 24.4 Å². The number of hydrogen-bond donors (Lipinski definition) is 1. The Labute approximate surface area is 216 Å². The molecule has 1 amide bonds. The Kier molecular flexibility index (Phi) is 6.91. The van der Waals surface area contributed by atoms with Gasteiger partial charge in [0.05, 0.1) is 5.69 Å². The van der Waals surface area contributed by atoms with Gasteiger partial charge in [-0.05, 0) is 37.6 Å². The van der Waals surface area contributed by atoms with Gasteiger partial charge in [-0.3, -0.25) is 14.2 Å². The Hall–Kier alpha value is -4.57. The zero-order valence-electron chi connectivity index (χ0n) is 20.2. The number of hydrogen-bond acceptors (Lipinski definition) is 8. The van der Waals surface area contributed by atoms with Crippen LogP contribution in [0.2, 0.25) is 0 Å². The molecule has 0 bridgehead atoms. The fourth-order valence-corrected chi connectivity index (χ4v) is 4.51. The lowest BCUT2D eigenvalue weighted by Crippen LogP contribution is -2.22. The lowest BCUT2D eigenvalue weighted by atomic mass is 10.1. The van der Waals surface area contributed by atoms with Gasteiger partial charge in [-0.2, -0.15) is 0 Å². The first kappa shape index (κ1) is 24.1. The number of benzene rings is 2. The van der Waals surface area contributed by atoms with E-state index >= 15 is 0 Å². The summed E-state index contributed by atoms with van der Waals surface area (Å²) in [4.78, 5) is 30.3. The summed E-state index contributed by atoms with van der Waals surface area (Å²) < 4.78 is 12.7. The molecule has 0 aliphatic rings. The highest BCUT2D eigenvalue weighted by Crippen LogP contribution is 2.22. The van der Waals surface area contributed by atoms with Crippen LogP contribution in [-0.2, 0) is 13.2 Å². The standard InChI is InChI=1S/C27H23N5O4S/c1-17-8-10-20(11-9-17)26-31-30-22(36-26)16-35-21-12-13-32(23(33)14-21)27-29-18(2)24(37-27)25(34)28-15-19-6-4-3-5-7-19/h3-14H,15-16H2,1-2H3,(H,28,34). The highest BCUT2D eigenvalue weighted by molar-refractivity contribution is 7.16. The number of carbonyl (C=O) groups is 1. The summed E-state index contributed by atoms with van der Waals surface area (Å²) in [6, 6.07) is 20.4. The smallest absolute Gasteiger partial charge is 0.263 e. The summed E-state index contributed by atoms with van der Waals surface area (Å²) in [5, 5.41) is 11.4. The third-order valence-electron chi connectivity index (χ3n) is 5.51. The van der Waals surface area contributed by atoms with E-state index in [1.807, 2.05) is 61.5 Å². The molecule has 0 aliphatic heterocycles. The second-order valence-corrected chi connectivity index (χ2v) is 9.28. The normalized spacial score (nSPS) is 10.9. The molecule has 3 heterocycles.